The molecule has 5 nitrogen and oxygen atoms in total. The maximum absolute atomic E-state index is 13.2. The number of alkyl halides is 3. The van der Waals surface area contributed by atoms with Gasteiger partial charge in [-0.2, -0.15) is 13.2 Å². The van der Waals surface area contributed by atoms with Gasteiger partial charge in [-0.15, -0.1) is 0 Å². The van der Waals surface area contributed by atoms with Crippen molar-refractivity contribution in [2.45, 2.75) is 32.0 Å². The Morgan fingerprint density at radius 1 is 1.23 bits per heavy atom. The summed E-state index contributed by atoms with van der Waals surface area (Å²) < 4.78 is 39.4. The van der Waals surface area contributed by atoms with Crippen molar-refractivity contribution in [2.75, 3.05) is 6.54 Å². The number of fused-ring (bicyclic) bond motifs is 1. The normalized spacial score (nSPS) is 20.7. The number of carbonyl (C=O) groups is 2. The second-order valence-corrected chi connectivity index (χ2v) is 8.21. The second kappa shape index (κ2) is 7.28. The number of benzene rings is 2. The topological polar surface area (TPSA) is 69.6 Å². The van der Waals surface area contributed by atoms with Crippen molar-refractivity contribution in [1.82, 2.24) is 10.4 Å². The van der Waals surface area contributed by atoms with Crippen LogP contribution in [-0.4, -0.2) is 28.5 Å². The van der Waals surface area contributed by atoms with Crippen LogP contribution in [0.2, 0.25) is 5.02 Å². The number of hydroxylamine groups is 1. The lowest BCUT2D eigenvalue weighted by atomic mass is 9.83. The molecule has 30 heavy (non-hydrogen) atoms. The third-order valence-electron chi connectivity index (χ3n) is 5.97. The van der Waals surface area contributed by atoms with Gasteiger partial charge in [-0.25, -0.2) is 5.48 Å². The van der Waals surface area contributed by atoms with Crippen LogP contribution in [0.5, 0.6) is 0 Å². The van der Waals surface area contributed by atoms with E-state index in [-0.39, 0.29) is 17.5 Å². The summed E-state index contributed by atoms with van der Waals surface area (Å²) in [6, 6.07) is 8.81. The molecule has 2 N–H and O–H groups in total. The predicted octanol–water partition coefficient (Wildman–Crippen LogP) is 4.00. The predicted molar refractivity (Wildman–Crippen MR) is 102 cm³/mol. The summed E-state index contributed by atoms with van der Waals surface area (Å²) in [6.07, 6.45) is -3.21. The van der Waals surface area contributed by atoms with E-state index in [1.54, 1.807) is 22.5 Å². The van der Waals surface area contributed by atoms with Crippen LogP contribution < -0.4 is 5.48 Å². The Labute approximate surface area is 175 Å². The van der Waals surface area contributed by atoms with Crippen molar-refractivity contribution < 1.29 is 28.0 Å². The van der Waals surface area contributed by atoms with Crippen LogP contribution in [0, 0.1) is 5.41 Å². The number of rotatable bonds is 3. The Balaban J connectivity index is 1.56. The van der Waals surface area contributed by atoms with Crippen LogP contribution in [0.1, 0.15) is 39.0 Å². The molecule has 9 heteroatoms. The van der Waals surface area contributed by atoms with Gasteiger partial charge in [-0.05, 0) is 54.2 Å². The van der Waals surface area contributed by atoms with Gasteiger partial charge in [0, 0.05) is 18.7 Å². The molecule has 158 valence electrons. The summed E-state index contributed by atoms with van der Waals surface area (Å²) in [5.41, 5.74) is 2.27. The molecule has 0 aromatic heterocycles. The zero-order valence-electron chi connectivity index (χ0n) is 15.7. The Morgan fingerprint density at radius 2 is 2.00 bits per heavy atom. The molecule has 1 heterocycles. The Bertz CT molecular complexity index is 1040. The highest BCUT2D eigenvalue weighted by atomic mass is 35.5. The van der Waals surface area contributed by atoms with Crippen LogP contribution in [0.4, 0.5) is 13.2 Å². The maximum atomic E-state index is 13.2. The van der Waals surface area contributed by atoms with Crippen molar-refractivity contribution in [3.8, 4) is 0 Å². The average molecular weight is 439 g/mol. The van der Waals surface area contributed by atoms with Gasteiger partial charge in [0.2, 0.25) is 5.91 Å². The summed E-state index contributed by atoms with van der Waals surface area (Å²) >= 11 is 5.68. The van der Waals surface area contributed by atoms with Gasteiger partial charge < -0.3 is 4.90 Å². The number of amides is 2. The first-order valence-electron chi connectivity index (χ1n) is 9.35. The van der Waals surface area contributed by atoms with Gasteiger partial charge in [0.05, 0.1) is 16.0 Å². The van der Waals surface area contributed by atoms with Gasteiger partial charge in [0.15, 0.2) is 0 Å². The quantitative estimate of drug-likeness (QED) is 0.562. The lowest BCUT2D eigenvalue weighted by Gasteiger charge is -2.23. The smallest absolute Gasteiger partial charge is 0.338 e. The Hall–Kier alpha value is -2.58. The number of nitrogens with zero attached hydrogens (tertiary/aromatic N) is 1. The lowest BCUT2D eigenvalue weighted by Crippen LogP contribution is -2.35. The summed E-state index contributed by atoms with van der Waals surface area (Å²) in [4.78, 5) is 26.7. The average Bonchev–Trinajstić information content (AvgIpc) is 3.22. The van der Waals surface area contributed by atoms with E-state index in [1.807, 2.05) is 6.07 Å². The molecule has 2 aromatic rings. The number of nitrogens with one attached hydrogen (secondary N) is 1. The van der Waals surface area contributed by atoms with E-state index >= 15 is 0 Å². The van der Waals surface area contributed by atoms with Gasteiger partial charge in [-0.1, -0.05) is 29.8 Å². The van der Waals surface area contributed by atoms with E-state index in [0.717, 1.165) is 17.2 Å². The van der Waals surface area contributed by atoms with Crippen molar-refractivity contribution in [3.63, 3.8) is 0 Å². The summed E-state index contributed by atoms with van der Waals surface area (Å²) in [6.45, 7) is 0.472. The van der Waals surface area contributed by atoms with E-state index in [9.17, 15) is 22.8 Å². The third-order valence-corrected chi connectivity index (χ3v) is 6.30. The van der Waals surface area contributed by atoms with E-state index in [1.165, 1.54) is 12.1 Å². The van der Waals surface area contributed by atoms with Crippen LogP contribution in [0.25, 0.3) is 0 Å². The van der Waals surface area contributed by atoms with E-state index < -0.39 is 23.1 Å². The molecule has 1 aliphatic heterocycles. The van der Waals surface area contributed by atoms with Gasteiger partial charge in [0.1, 0.15) is 0 Å². The Kier molecular flexibility index (Phi) is 5.02. The lowest BCUT2D eigenvalue weighted by molar-refractivity contribution is -0.137. The minimum absolute atomic E-state index is 0.0567. The fourth-order valence-electron chi connectivity index (χ4n) is 4.53. The SMILES string of the molecule is O=C(NO)c1cccc2c1CC1(CCN(Cc3ccc(Cl)c(C(F)(F)F)c3)C1=O)C2. The summed E-state index contributed by atoms with van der Waals surface area (Å²) in [5.74, 6) is -0.774. The van der Waals surface area contributed by atoms with Gasteiger partial charge in [0.25, 0.3) is 5.91 Å². The highest BCUT2D eigenvalue weighted by Gasteiger charge is 2.50. The second-order valence-electron chi connectivity index (χ2n) is 7.81. The number of halogens is 4. The maximum Gasteiger partial charge on any atom is 0.417 e. The summed E-state index contributed by atoms with van der Waals surface area (Å²) in [5, 5.41) is 8.59. The highest BCUT2D eigenvalue weighted by molar-refractivity contribution is 6.31. The Morgan fingerprint density at radius 3 is 2.70 bits per heavy atom. The molecule has 1 saturated heterocycles. The van der Waals surface area contributed by atoms with Crippen LogP contribution in [0.15, 0.2) is 36.4 Å². The molecule has 1 atom stereocenters. The molecular formula is C21H18ClF3N2O3. The zero-order valence-corrected chi connectivity index (χ0v) is 16.5. The number of likely N-dealkylation sites (tertiary alicyclic amines) is 1. The van der Waals surface area contributed by atoms with Gasteiger partial charge in [-0.3, -0.25) is 14.8 Å². The fourth-order valence-corrected chi connectivity index (χ4v) is 4.75. The molecule has 1 spiro atoms. The van der Waals surface area contributed by atoms with Crippen LogP contribution in [-0.2, 0) is 30.4 Å². The first kappa shape index (κ1) is 20.7. The molecule has 4 rings (SSSR count). The van der Waals surface area contributed by atoms with Crippen LogP contribution >= 0.6 is 11.6 Å². The number of hydrogen-bond acceptors (Lipinski definition) is 3. The molecule has 0 radical (unpaired) electrons. The molecule has 2 aromatic carbocycles. The van der Waals surface area contributed by atoms with Crippen molar-refractivity contribution in [1.29, 1.82) is 0 Å². The molecular weight excluding hydrogens is 421 g/mol. The molecule has 1 aliphatic carbocycles. The molecule has 1 fully saturated rings. The minimum Gasteiger partial charge on any atom is -0.338 e. The number of hydrogen-bond donors (Lipinski definition) is 2. The fraction of sp³-hybridized carbons (Fsp3) is 0.333. The largest absolute Gasteiger partial charge is 0.417 e. The molecule has 0 bridgehead atoms. The standard InChI is InChI=1S/C21H18ClF3N2O3/c22-17-5-4-12(8-16(17)21(23,24)25)11-27-7-6-20(19(27)29)9-13-2-1-3-14(15(13)10-20)18(28)26-30/h1-5,8,30H,6-7,9-11H2,(H,26,28). The third kappa shape index (κ3) is 3.44. The number of carbonyl (C=O) groups excluding carboxylic acids is 2. The molecule has 2 amide bonds. The van der Waals surface area contributed by atoms with E-state index in [4.69, 9.17) is 16.8 Å². The van der Waals surface area contributed by atoms with Crippen molar-refractivity contribution >= 4 is 23.4 Å². The van der Waals surface area contributed by atoms with Crippen LogP contribution in [0.3, 0.4) is 0 Å². The molecule has 2 aliphatic rings. The highest BCUT2D eigenvalue weighted by Crippen LogP contribution is 2.46. The monoisotopic (exact) mass is 438 g/mol. The van der Waals surface area contributed by atoms with Crippen molar-refractivity contribution in [2.24, 2.45) is 5.41 Å². The minimum atomic E-state index is -4.57. The van der Waals surface area contributed by atoms with E-state index in [0.29, 0.717) is 36.9 Å². The molecule has 1 unspecified atom stereocenters. The summed E-state index contributed by atoms with van der Waals surface area (Å²) in [7, 11) is 0. The van der Waals surface area contributed by atoms with E-state index in [2.05, 4.69) is 0 Å². The zero-order chi connectivity index (χ0) is 21.7. The molecule has 0 saturated carbocycles. The van der Waals surface area contributed by atoms with Crippen molar-refractivity contribution in [3.05, 3.63) is 69.2 Å². The first-order chi connectivity index (χ1) is 14.1. The first-order valence-corrected chi connectivity index (χ1v) is 9.73. The van der Waals surface area contributed by atoms with Gasteiger partial charge >= 0.3 is 6.18 Å².